The van der Waals surface area contributed by atoms with E-state index in [-0.39, 0.29) is 17.3 Å². The lowest BCUT2D eigenvalue weighted by molar-refractivity contribution is 0.102. The molecule has 1 N–H and O–H groups in total. The molecule has 1 aromatic heterocycles. The van der Waals surface area contributed by atoms with E-state index >= 15 is 0 Å². The first-order chi connectivity index (χ1) is 11.5. The number of oxazole rings is 1. The molecule has 0 aliphatic heterocycles. The molecule has 0 fully saturated rings. The van der Waals surface area contributed by atoms with Crippen LogP contribution in [-0.2, 0) is 0 Å². The van der Waals surface area contributed by atoms with Crippen LogP contribution in [0.25, 0.3) is 11.3 Å². The van der Waals surface area contributed by atoms with Gasteiger partial charge in [-0.1, -0.05) is 12.1 Å². The number of amides is 1. The normalized spacial score (nSPS) is 10.7. The summed E-state index contributed by atoms with van der Waals surface area (Å²) in [6.07, 6.45) is 1.11. The van der Waals surface area contributed by atoms with Crippen LogP contribution < -0.4 is 5.32 Å². The number of halogens is 4. The molecule has 0 unspecified atom stereocenters. The minimum absolute atomic E-state index is 0.125. The Morgan fingerprint density at radius 3 is 2.33 bits per heavy atom. The first-order valence-corrected chi connectivity index (χ1v) is 6.62. The van der Waals surface area contributed by atoms with Crippen molar-refractivity contribution in [1.29, 1.82) is 0 Å². The Morgan fingerprint density at radius 2 is 1.67 bits per heavy atom. The molecule has 2 aromatic carbocycles. The fraction of sp³-hybridized carbons (Fsp3) is 0. The third kappa shape index (κ3) is 2.98. The van der Waals surface area contributed by atoms with Gasteiger partial charge in [0.2, 0.25) is 0 Å². The summed E-state index contributed by atoms with van der Waals surface area (Å²) in [7, 11) is 0. The van der Waals surface area contributed by atoms with E-state index in [0.717, 1.165) is 6.26 Å². The molecule has 0 radical (unpaired) electrons. The molecule has 0 spiro atoms. The van der Waals surface area contributed by atoms with Gasteiger partial charge >= 0.3 is 6.01 Å². The van der Waals surface area contributed by atoms with E-state index in [1.54, 1.807) is 6.07 Å². The number of carbonyl (C=O) groups is 1. The van der Waals surface area contributed by atoms with E-state index < -0.39 is 34.7 Å². The number of carbonyl (C=O) groups excluding carboxylic acids is 1. The van der Waals surface area contributed by atoms with E-state index in [1.807, 2.05) is 0 Å². The Bertz CT molecular complexity index is 901. The number of hydrogen-bond acceptors (Lipinski definition) is 3. The Kier molecular flexibility index (Phi) is 4.03. The molecule has 8 heteroatoms. The lowest BCUT2D eigenvalue weighted by Crippen LogP contribution is -2.13. The predicted octanol–water partition coefficient (Wildman–Crippen LogP) is 4.15. The minimum Gasteiger partial charge on any atom is -0.431 e. The van der Waals surface area contributed by atoms with Crippen LogP contribution in [0.1, 0.15) is 10.4 Å². The smallest absolute Gasteiger partial charge is 0.302 e. The average Bonchev–Trinajstić information content (AvgIpc) is 3.00. The van der Waals surface area contributed by atoms with Gasteiger partial charge in [0, 0.05) is 11.1 Å². The second kappa shape index (κ2) is 6.15. The highest BCUT2D eigenvalue weighted by molar-refractivity contribution is 6.03. The SMILES string of the molecule is O=C(Nc1nc(-c2ccccc2F)co1)c1cc(F)c(F)c(F)c1. The van der Waals surface area contributed by atoms with Crippen LogP contribution in [-0.4, -0.2) is 10.9 Å². The van der Waals surface area contributed by atoms with Crippen LogP contribution in [0.3, 0.4) is 0 Å². The van der Waals surface area contributed by atoms with Crippen molar-refractivity contribution in [2.45, 2.75) is 0 Å². The molecular formula is C16H8F4N2O2. The van der Waals surface area contributed by atoms with Crippen molar-refractivity contribution in [3.05, 3.63) is 71.5 Å². The van der Waals surface area contributed by atoms with Crippen molar-refractivity contribution in [2.24, 2.45) is 0 Å². The minimum atomic E-state index is -1.68. The van der Waals surface area contributed by atoms with Crippen molar-refractivity contribution in [1.82, 2.24) is 4.98 Å². The number of nitrogens with zero attached hydrogens (tertiary/aromatic N) is 1. The number of benzene rings is 2. The van der Waals surface area contributed by atoms with Gasteiger partial charge < -0.3 is 4.42 Å². The highest BCUT2D eigenvalue weighted by Crippen LogP contribution is 2.23. The fourth-order valence-electron chi connectivity index (χ4n) is 1.98. The molecule has 0 saturated heterocycles. The molecule has 0 bridgehead atoms. The average molecular weight is 336 g/mol. The molecule has 3 aromatic rings. The largest absolute Gasteiger partial charge is 0.431 e. The van der Waals surface area contributed by atoms with E-state index in [4.69, 9.17) is 4.42 Å². The van der Waals surface area contributed by atoms with Gasteiger partial charge in [0.1, 0.15) is 17.8 Å². The van der Waals surface area contributed by atoms with E-state index in [0.29, 0.717) is 12.1 Å². The third-order valence-corrected chi connectivity index (χ3v) is 3.12. The van der Waals surface area contributed by atoms with Gasteiger partial charge in [-0.05, 0) is 24.3 Å². The lowest BCUT2D eigenvalue weighted by atomic mass is 10.1. The summed E-state index contributed by atoms with van der Waals surface area (Å²) in [6.45, 7) is 0. The second-order valence-electron chi connectivity index (χ2n) is 4.73. The maximum atomic E-state index is 13.7. The Morgan fingerprint density at radius 1 is 1.00 bits per heavy atom. The molecular weight excluding hydrogens is 328 g/mol. The van der Waals surface area contributed by atoms with Crippen LogP contribution in [0.2, 0.25) is 0 Å². The van der Waals surface area contributed by atoms with Gasteiger partial charge in [-0.15, -0.1) is 0 Å². The fourth-order valence-corrected chi connectivity index (χ4v) is 1.98. The van der Waals surface area contributed by atoms with Crippen molar-refractivity contribution in [3.63, 3.8) is 0 Å². The van der Waals surface area contributed by atoms with Gasteiger partial charge in [-0.2, -0.15) is 4.98 Å². The van der Waals surface area contributed by atoms with Gasteiger partial charge in [-0.25, -0.2) is 17.6 Å². The zero-order valence-electron chi connectivity index (χ0n) is 11.8. The standard InChI is InChI=1S/C16H8F4N2O2/c17-10-4-2-1-3-9(10)13-7-24-16(21-13)22-15(23)8-5-11(18)14(20)12(19)6-8/h1-7H,(H,21,22,23). The molecule has 1 heterocycles. The van der Waals surface area contributed by atoms with Gasteiger partial charge in [0.15, 0.2) is 17.5 Å². The highest BCUT2D eigenvalue weighted by atomic mass is 19.2. The summed E-state index contributed by atoms with van der Waals surface area (Å²) in [5, 5.41) is 2.15. The van der Waals surface area contributed by atoms with Crippen LogP contribution in [0, 0.1) is 23.3 Å². The van der Waals surface area contributed by atoms with Crippen molar-refractivity contribution >= 4 is 11.9 Å². The van der Waals surface area contributed by atoms with Gasteiger partial charge in [-0.3, -0.25) is 10.1 Å². The van der Waals surface area contributed by atoms with E-state index in [2.05, 4.69) is 10.3 Å². The number of anilines is 1. The zero-order valence-corrected chi connectivity index (χ0v) is 11.8. The molecule has 24 heavy (non-hydrogen) atoms. The van der Waals surface area contributed by atoms with Crippen molar-refractivity contribution in [3.8, 4) is 11.3 Å². The quantitative estimate of drug-likeness (QED) is 0.577. The molecule has 0 saturated carbocycles. The first kappa shape index (κ1) is 15.7. The number of hydrogen-bond donors (Lipinski definition) is 1. The van der Waals surface area contributed by atoms with Crippen LogP contribution in [0.5, 0.6) is 0 Å². The highest BCUT2D eigenvalue weighted by Gasteiger charge is 2.17. The predicted molar refractivity (Wildman–Crippen MR) is 76.2 cm³/mol. The van der Waals surface area contributed by atoms with Crippen LogP contribution in [0.15, 0.2) is 47.1 Å². The Balaban J connectivity index is 1.82. The van der Waals surface area contributed by atoms with Crippen LogP contribution in [0.4, 0.5) is 23.6 Å². The van der Waals surface area contributed by atoms with Crippen molar-refractivity contribution < 1.29 is 26.8 Å². The van der Waals surface area contributed by atoms with Crippen LogP contribution >= 0.6 is 0 Å². The lowest BCUT2D eigenvalue weighted by Gasteiger charge is -2.02. The molecule has 4 nitrogen and oxygen atoms in total. The summed E-state index contributed by atoms with van der Waals surface area (Å²) in [6, 6.07) is 6.55. The monoisotopic (exact) mass is 336 g/mol. The van der Waals surface area contributed by atoms with E-state index in [9.17, 15) is 22.4 Å². The first-order valence-electron chi connectivity index (χ1n) is 6.62. The summed E-state index contributed by atoms with van der Waals surface area (Å²) in [4.78, 5) is 15.8. The summed E-state index contributed by atoms with van der Waals surface area (Å²) >= 11 is 0. The number of rotatable bonds is 3. The molecule has 0 aliphatic carbocycles. The third-order valence-electron chi connectivity index (χ3n) is 3.12. The number of nitrogens with one attached hydrogen (secondary N) is 1. The van der Waals surface area contributed by atoms with Crippen molar-refractivity contribution in [2.75, 3.05) is 5.32 Å². The summed E-state index contributed by atoms with van der Waals surface area (Å²) < 4.78 is 57.8. The summed E-state index contributed by atoms with van der Waals surface area (Å²) in [5.41, 5.74) is -0.183. The maximum absolute atomic E-state index is 13.7. The zero-order chi connectivity index (χ0) is 17.3. The van der Waals surface area contributed by atoms with Gasteiger partial charge in [0.25, 0.3) is 5.91 Å². The molecule has 0 atom stereocenters. The maximum Gasteiger partial charge on any atom is 0.302 e. The van der Waals surface area contributed by atoms with Gasteiger partial charge in [0.05, 0.1) is 0 Å². The molecule has 3 rings (SSSR count). The molecule has 122 valence electrons. The number of aromatic nitrogens is 1. The summed E-state index contributed by atoms with van der Waals surface area (Å²) in [5.74, 6) is -6.18. The van der Waals surface area contributed by atoms with E-state index in [1.165, 1.54) is 18.2 Å². The Labute approximate surface area is 132 Å². The second-order valence-corrected chi connectivity index (χ2v) is 4.73. The Hall–Kier alpha value is -3.16. The molecule has 1 amide bonds. The topological polar surface area (TPSA) is 55.1 Å². The molecule has 0 aliphatic rings.